The third-order valence-corrected chi connectivity index (χ3v) is 0. The van der Waals surface area contributed by atoms with Gasteiger partial charge < -0.3 is 22.9 Å². The van der Waals surface area contributed by atoms with Gasteiger partial charge in [-0.3, -0.25) is 0 Å². The number of rotatable bonds is 0. The molecule has 0 rings (SSSR count). The van der Waals surface area contributed by atoms with Gasteiger partial charge in [0.1, 0.15) is 0 Å². The second-order valence-corrected chi connectivity index (χ2v) is 0. The quantitative estimate of drug-likeness (QED) is 0.327. The molecule has 5 heteroatoms. The average molecular weight is 172 g/mol. The van der Waals surface area contributed by atoms with Crippen LogP contribution in [0, 0.1) is 0 Å². The van der Waals surface area contributed by atoms with Gasteiger partial charge in [0.25, 0.3) is 0 Å². The summed E-state index contributed by atoms with van der Waals surface area (Å²) < 4.78 is 0. The van der Waals surface area contributed by atoms with E-state index in [1.54, 1.807) is 0 Å². The SMILES string of the molecule is CN.CN.CN.CN.[Ti]. The molecular weight excluding hydrogens is 152 g/mol. The smallest absolute Gasteiger partial charge is 0 e. The van der Waals surface area contributed by atoms with Crippen LogP contribution in [0.2, 0.25) is 0 Å². The Bertz CT molecular complexity index is 12.5. The maximum Gasteiger partial charge on any atom is 0 e. The van der Waals surface area contributed by atoms with Crippen LogP contribution in [0.3, 0.4) is 0 Å². The Morgan fingerprint density at radius 2 is 0.444 bits per heavy atom. The van der Waals surface area contributed by atoms with Gasteiger partial charge >= 0.3 is 0 Å². The third kappa shape index (κ3) is 1200. The standard InChI is InChI=1S/4CH5N.Ti/c4*1-2;/h4*2H2,1H3;. The molecule has 0 aliphatic rings. The topological polar surface area (TPSA) is 104 Å². The summed E-state index contributed by atoms with van der Waals surface area (Å²) >= 11 is 0. The maximum atomic E-state index is 4.50. The maximum absolute atomic E-state index is 4.50. The molecule has 0 unspecified atom stereocenters. The molecule has 0 radical (unpaired) electrons. The van der Waals surface area contributed by atoms with E-state index in [0.717, 1.165) is 0 Å². The normalized spacial score (nSPS) is 2.67. The molecule has 0 aromatic carbocycles. The van der Waals surface area contributed by atoms with Crippen molar-refractivity contribution in [3.05, 3.63) is 0 Å². The summed E-state index contributed by atoms with van der Waals surface area (Å²) in [5.74, 6) is 0. The van der Waals surface area contributed by atoms with Crippen LogP contribution in [-0.4, -0.2) is 28.2 Å². The molecule has 0 aliphatic heterocycles. The summed E-state index contributed by atoms with van der Waals surface area (Å²) in [5.41, 5.74) is 18.0. The first-order valence-corrected chi connectivity index (χ1v) is 2.31. The van der Waals surface area contributed by atoms with Gasteiger partial charge in [0, 0.05) is 21.7 Å². The zero-order valence-electron chi connectivity index (χ0n) is 6.81. The van der Waals surface area contributed by atoms with E-state index in [-0.39, 0.29) is 21.7 Å². The Hall–Kier alpha value is 0.554. The van der Waals surface area contributed by atoms with Crippen LogP contribution < -0.4 is 22.9 Å². The molecular formula is C4H20N4Ti. The van der Waals surface area contributed by atoms with Gasteiger partial charge in [-0.1, -0.05) is 0 Å². The van der Waals surface area contributed by atoms with Crippen molar-refractivity contribution in [2.75, 3.05) is 28.2 Å². The monoisotopic (exact) mass is 172 g/mol. The van der Waals surface area contributed by atoms with Crippen molar-refractivity contribution in [1.29, 1.82) is 0 Å². The second-order valence-electron chi connectivity index (χ2n) is 0. The van der Waals surface area contributed by atoms with E-state index in [2.05, 4.69) is 22.9 Å². The first-order valence-electron chi connectivity index (χ1n) is 2.31. The molecule has 0 atom stereocenters. The minimum Gasteiger partial charge on any atom is -0.333 e. The van der Waals surface area contributed by atoms with Crippen molar-refractivity contribution >= 4 is 0 Å². The largest absolute Gasteiger partial charge is 0.333 e. The van der Waals surface area contributed by atoms with Crippen molar-refractivity contribution in [2.45, 2.75) is 0 Å². The summed E-state index contributed by atoms with van der Waals surface area (Å²) in [4.78, 5) is 0. The van der Waals surface area contributed by atoms with Crippen molar-refractivity contribution in [3.8, 4) is 0 Å². The molecule has 0 aromatic heterocycles. The molecule has 0 spiro atoms. The Labute approximate surface area is 73.2 Å². The number of nitrogens with two attached hydrogens (primary N) is 4. The summed E-state index contributed by atoms with van der Waals surface area (Å²) in [6.07, 6.45) is 0. The summed E-state index contributed by atoms with van der Waals surface area (Å²) in [6, 6.07) is 0. The minimum atomic E-state index is 0. The summed E-state index contributed by atoms with van der Waals surface area (Å²) in [5, 5.41) is 0. The zero-order valence-corrected chi connectivity index (χ0v) is 8.37. The fraction of sp³-hybridized carbons (Fsp3) is 1.00. The average Bonchev–Trinajstić information content (AvgIpc) is 2.03. The van der Waals surface area contributed by atoms with Crippen molar-refractivity contribution in [3.63, 3.8) is 0 Å². The van der Waals surface area contributed by atoms with Crippen molar-refractivity contribution in [1.82, 2.24) is 0 Å². The molecule has 0 heterocycles. The van der Waals surface area contributed by atoms with E-state index in [0.29, 0.717) is 0 Å². The van der Waals surface area contributed by atoms with Crippen LogP contribution in [0.25, 0.3) is 0 Å². The van der Waals surface area contributed by atoms with Gasteiger partial charge in [-0.15, -0.1) is 0 Å². The Morgan fingerprint density at radius 3 is 0.444 bits per heavy atom. The summed E-state index contributed by atoms with van der Waals surface area (Å²) in [6.45, 7) is 0. The van der Waals surface area contributed by atoms with Gasteiger partial charge in [0.15, 0.2) is 0 Å². The van der Waals surface area contributed by atoms with Gasteiger partial charge in [-0.2, -0.15) is 0 Å². The van der Waals surface area contributed by atoms with E-state index in [9.17, 15) is 0 Å². The zero-order chi connectivity index (χ0) is 8.00. The second kappa shape index (κ2) is 1590. The van der Waals surface area contributed by atoms with E-state index in [1.807, 2.05) is 0 Å². The van der Waals surface area contributed by atoms with E-state index in [1.165, 1.54) is 28.2 Å². The summed E-state index contributed by atoms with van der Waals surface area (Å²) in [7, 11) is 6.00. The van der Waals surface area contributed by atoms with Crippen LogP contribution >= 0.6 is 0 Å². The van der Waals surface area contributed by atoms with E-state index >= 15 is 0 Å². The Morgan fingerprint density at radius 1 is 0.444 bits per heavy atom. The molecule has 8 N–H and O–H groups in total. The van der Waals surface area contributed by atoms with Crippen LogP contribution in [0.1, 0.15) is 0 Å². The molecule has 0 saturated heterocycles. The van der Waals surface area contributed by atoms with Crippen molar-refractivity contribution in [2.24, 2.45) is 22.9 Å². The number of hydrogen-bond donors (Lipinski definition) is 4. The Kier molecular flexibility index (Phi) is 5950. The minimum absolute atomic E-state index is 0. The van der Waals surface area contributed by atoms with Crippen LogP contribution in [-0.2, 0) is 21.7 Å². The molecule has 0 bridgehead atoms. The predicted molar refractivity (Wildman–Crippen MR) is 40.4 cm³/mol. The van der Waals surface area contributed by atoms with Gasteiger partial charge in [0.2, 0.25) is 0 Å². The van der Waals surface area contributed by atoms with E-state index < -0.39 is 0 Å². The van der Waals surface area contributed by atoms with E-state index in [4.69, 9.17) is 0 Å². The first kappa shape index (κ1) is 33.7. The first-order chi connectivity index (χ1) is 4.00. The molecule has 60 valence electrons. The molecule has 4 nitrogen and oxygen atoms in total. The van der Waals surface area contributed by atoms with Crippen LogP contribution in [0.4, 0.5) is 0 Å². The van der Waals surface area contributed by atoms with Gasteiger partial charge in [-0.05, 0) is 28.2 Å². The van der Waals surface area contributed by atoms with Gasteiger partial charge in [-0.25, -0.2) is 0 Å². The predicted octanol–water partition coefficient (Wildman–Crippen LogP) is -1.70. The molecule has 9 heavy (non-hydrogen) atoms. The fourth-order valence-corrected chi connectivity index (χ4v) is 0. The molecule has 0 saturated carbocycles. The molecule has 0 aromatic rings. The molecule has 0 fully saturated rings. The number of hydrogen-bond acceptors (Lipinski definition) is 4. The van der Waals surface area contributed by atoms with Crippen LogP contribution in [0.5, 0.6) is 0 Å². The third-order valence-electron chi connectivity index (χ3n) is 0. The fourth-order valence-electron chi connectivity index (χ4n) is 0. The molecule has 0 aliphatic carbocycles. The van der Waals surface area contributed by atoms with Crippen LogP contribution in [0.15, 0.2) is 0 Å². The van der Waals surface area contributed by atoms with Gasteiger partial charge in [0.05, 0.1) is 0 Å². The molecule has 0 amide bonds. The van der Waals surface area contributed by atoms with Crippen molar-refractivity contribution < 1.29 is 21.7 Å². The Balaban J connectivity index is -0.00000000762.